The van der Waals surface area contributed by atoms with Crippen LogP contribution < -0.4 is 5.32 Å². The van der Waals surface area contributed by atoms with Crippen LogP contribution in [0.3, 0.4) is 0 Å². The van der Waals surface area contributed by atoms with Crippen molar-refractivity contribution in [3.05, 3.63) is 28.8 Å². The molecule has 0 aliphatic carbocycles. The first kappa shape index (κ1) is 13.3. The molecule has 1 amide bonds. The summed E-state index contributed by atoms with van der Waals surface area (Å²) in [6.45, 7) is -0.741. The Morgan fingerprint density at radius 1 is 1.41 bits per heavy atom. The lowest BCUT2D eigenvalue weighted by atomic mass is 10.1. The number of aliphatic hydroxyl groups excluding tert-OH is 1. The first-order valence-electron chi connectivity index (χ1n) is 4.58. The van der Waals surface area contributed by atoms with Gasteiger partial charge in [0.25, 0.3) is 5.91 Å². The maximum atomic E-state index is 11.6. The predicted octanol–water partition coefficient (Wildman–Crippen LogP) is 0.221. The molecule has 17 heavy (non-hydrogen) atoms. The normalized spacial score (nSPS) is 11.9. The number of benzene rings is 1. The van der Waals surface area contributed by atoms with Gasteiger partial charge in [-0.3, -0.25) is 4.79 Å². The van der Waals surface area contributed by atoms with Crippen molar-refractivity contribution in [3.63, 3.8) is 0 Å². The molecule has 0 heterocycles. The summed E-state index contributed by atoms with van der Waals surface area (Å²) in [6, 6.07) is 2.37. The van der Waals surface area contributed by atoms with Crippen molar-refractivity contribution >= 4 is 23.5 Å². The number of halogens is 1. The van der Waals surface area contributed by atoms with E-state index in [2.05, 4.69) is 5.32 Å². The highest BCUT2D eigenvalue weighted by Crippen LogP contribution is 2.21. The lowest BCUT2D eigenvalue weighted by molar-refractivity contribution is -0.140. The van der Waals surface area contributed by atoms with Crippen LogP contribution in [-0.2, 0) is 4.79 Å². The van der Waals surface area contributed by atoms with E-state index in [0.717, 1.165) is 6.07 Å². The molecule has 92 valence electrons. The fourth-order valence-electron chi connectivity index (χ4n) is 1.12. The van der Waals surface area contributed by atoms with Crippen LogP contribution >= 0.6 is 11.6 Å². The molecule has 0 fully saturated rings. The molecular formula is C10H10ClNO5. The van der Waals surface area contributed by atoms with Crippen molar-refractivity contribution in [2.24, 2.45) is 0 Å². The number of amides is 1. The maximum Gasteiger partial charge on any atom is 0.328 e. The van der Waals surface area contributed by atoms with E-state index in [4.69, 9.17) is 21.8 Å². The number of aliphatic hydroxyl groups is 1. The van der Waals surface area contributed by atoms with Gasteiger partial charge in [-0.1, -0.05) is 11.6 Å². The number of phenolic OH excluding ortho intramolecular Hbond substituents is 1. The zero-order chi connectivity index (χ0) is 13.0. The number of carbonyl (C=O) groups excluding carboxylic acids is 1. The number of aliphatic carboxylic acids is 1. The van der Waals surface area contributed by atoms with E-state index in [1.807, 2.05) is 0 Å². The lowest BCUT2D eigenvalue weighted by Gasteiger charge is -2.12. The Balaban J connectivity index is 2.86. The van der Waals surface area contributed by atoms with Crippen LogP contribution in [-0.4, -0.2) is 39.8 Å². The average Bonchev–Trinajstić information content (AvgIpc) is 2.24. The predicted molar refractivity (Wildman–Crippen MR) is 59.1 cm³/mol. The van der Waals surface area contributed by atoms with Gasteiger partial charge in [-0.05, 0) is 18.2 Å². The van der Waals surface area contributed by atoms with Crippen LogP contribution in [0.4, 0.5) is 0 Å². The van der Waals surface area contributed by atoms with Crippen LogP contribution in [0.1, 0.15) is 10.4 Å². The van der Waals surface area contributed by atoms with Gasteiger partial charge in [0.15, 0.2) is 6.04 Å². The first-order valence-corrected chi connectivity index (χ1v) is 4.96. The molecule has 1 rings (SSSR count). The van der Waals surface area contributed by atoms with Gasteiger partial charge in [-0.2, -0.15) is 0 Å². The third-order valence-electron chi connectivity index (χ3n) is 1.99. The Kier molecular flexibility index (Phi) is 4.30. The second kappa shape index (κ2) is 5.51. The van der Waals surface area contributed by atoms with E-state index in [1.165, 1.54) is 12.1 Å². The standard InChI is InChI=1S/C10H10ClNO5/c11-5-1-2-6(8(14)3-5)9(15)12-7(4-13)10(16)17/h1-3,7,13-14H,4H2,(H,12,15)(H,16,17)/t7-/m1/s1. The molecule has 0 aromatic heterocycles. The Labute approximate surface area is 101 Å². The molecule has 7 heteroatoms. The molecule has 1 atom stereocenters. The van der Waals surface area contributed by atoms with Gasteiger partial charge in [-0.15, -0.1) is 0 Å². The minimum absolute atomic E-state index is 0.117. The molecule has 6 nitrogen and oxygen atoms in total. The summed E-state index contributed by atoms with van der Waals surface area (Å²) < 4.78 is 0. The van der Waals surface area contributed by atoms with Gasteiger partial charge in [0.1, 0.15) is 5.75 Å². The third kappa shape index (κ3) is 3.33. The lowest BCUT2D eigenvalue weighted by Crippen LogP contribution is -2.43. The van der Waals surface area contributed by atoms with E-state index in [-0.39, 0.29) is 16.3 Å². The van der Waals surface area contributed by atoms with Crippen LogP contribution in [0.2, 0.25) is 5.02 Å². The van der Waals surface area contributed by atoms with E-state index in [0.29, 0.717) is 0 Å². The van der Waals surface area contributed by atoms with Crippen molar-refractivity contribution in [3.8, 4) is 5.75 Å². The maximum absolute atomic E-state index is 11.6. The molecular weight excluding hydrogens is 250 g/mol. The first-order chi connectivity index (χ1) is 7.95. The van der Waals surface area contributed by atoms with Crippen molar-refractivity contribution in [2.75, 3.05) is 6.61 Å². The molecule has 4 N–H and O–H groups in total. The summed E-state index contributed by atoms with van der Waals surface area (Å²) in [7, 11) is 0. The van der Waals surface area contributed by atoms with Crippen molar-refractivity contribution in [2.45, 2.75) is 6.04 Å². The second-order valence-electron chi connectivity index (χ2n) is 3.21. The summed E-state index contributed by atoms with van der Waals surface area (Å²) >= 11 is 5.58. The number of carboxylic acids is 1. The topological polar surface area (TPSA) is 107 Å². The highest BCUT2D eigenvalue weighted by molar-refractivity contribution is 6.30. The molecule has 0 aliphatic rings. The summed E-state index contributed by atoms with van der Waals surface area (Å²) in [4.78, 5) is 22.1. The summed E-state index contributed by atoms with van der Waals surface area (Å²) in [5, 5.41) is 29.1. The molecule has 1 aromatic carbocycles. The largest absolute Gasteiger partial charge is 0.507 e. The van der Waals surface area contributed by atoms with E-state index in [9.17, 15) is 14.7 Å². The molecule has 0 radical (unpaired) electrons. The van der Waals surface area contributed by atoms with E-state index in [1.54, 1.807) is 0 Å². The fraction of sp³-hybridized carbons (Fsp3) is 0.200. The number of phenols is 1. The Morgan fingerprint density at radius 2 is 2.06 bits per heavy atom. The summed E-state index contributed by atoms with van der Waals surface area (Å²) in [5.74, 6) is -2.54. The van der Waals surface area contributed by atoms with Gasteiger partial charge in [-0.25, -0.2) is 4.79 Å². The monoisotopic (exact) mass is 259 g/mol. The number of rotatable bonds is 4. The number of hydrogen-bond donors (Lipinski definition) is 4. The van der Waals surface area contributed by atoms with Crippen LogP contribution in [0.5, 0.6) is 5.75 Å². The number of nitrogens with one attached hydrogen (secondary N) is 1. The van der Waals surface area contributed by atoms with Crippen LogP contribution in [0.15, 0.2) is 18.2 Å². The zero-order valence-corrected chi connectivity index (χ0v) is 9.31. The van der Waals surface area contributed by atoms with Crippen molar-refractivity contribution in [1.29, 1.82) is 0 Å². The molecule has 0 unspecified atom stereocenters. The number of carboxylic acid groups (broad SMARTS) is 1. The van der Waals surface area contributed by atoms with Crippen LogP contribution in [0, 0.1) is 0 Å². The van der Waals surface area contributed by atoms with Gasteiger partial charge in [0.2, 0.25) is 0 Å². The molecule has 0 saturated heterocycles. The fourth-order valence-corrected chi connectivity index (χ4v) is 1.28. The molecule has 1 aromatic rings. The van der Waals surface area contributed by atoms with E-state index >= 15 is 0 Å². The van der Waals surface area contributed by atoms with Crippen LogP contribution in [0.25, 0.3) is 0 Å². The van der Waals surface area contributed by atoms with Gasteiger partial charge in [0.05, 0.1) is 12.2 Å². The Bertz CT molecular complexity index is 448. The van der Waals surface area contributed by atoms with Gasteiger partial charge < -0.3 is 20.6 Å². The molecule has 0 bridgehead atoms. The zero-order valence-electron chi connectivity index (χ0n) is 8.55. The minimum Gasteiger partial charge on any atom is -0.507 e. The molecule has 0 aliphatic heterocycles. The van der Waals surface area contributed by atoms with E-state index < -0.39 is 24.5 Å². The molecule has 0 saturated carbocycles. The highest BCUT2D eigenvalue weighted by Gasteiger charge is 2.21. The molecule has 0 spiro atoms. The number of hydrogen-bond acceptors (Lipinski definition) is 4. The van der Waals surface area contributed by atoms with Gasteiger partial charge in [0, 0.05) is 5.02 Å². The van der Waals surface area contributed by atoms with Crippen molar-refractivity contribution < 1.29 is 24.9 Å². The van der Waals surface area contributed by atoms with Crippen molar-refractivity contribution in [1.82, 2.24) is 5.32 Å². The quantitative estimate of drug-likeness (QED) is 0.619. The average molecular weight is 260 g/mol. The Morgan fingerprint density at radius 3 is 2.53 bits per heavy atom. The third-order valence-corrected chi connectivity index (χ3v) is 2.23. The summed E-state index contributed by atoms with van der Waals surface area (Å²) in [5.41, 5.74) is -0.117. The SMILES string of the molecule is O=C(N[C@H](CO)C(=O)O)c1ccc(Cl)cc1O. The Hall–Kier alpha value is -1.79. The highest BCUT2D eigenvalue weighted by atomic mass is 35.5. The summed E-state index contributed by atoms with van der Waals surface area (Å²) in [6.07, 6.45) is 0. The van der Waals surface area contributed by atoms with Gasteiger partial charge >= 0.3 is 5.97 Å². The number of carbonyl (C=O) groups is 2. The smallest absolute Gasteiger partial charge is 0.328 e. The second-order valence-corrected chi connectivity index (χ2v) is 3.64. The number of aromatic hydroxyl groups is 1. The minimum atomic E-state index is -1.42.